The third-order valence-corrected chi connectivity index (χ3v) is 4.08. The maximum absolute atomic E-state index is 5.76. The van der Waals surface area contributed by atoms with Crippen molar-refractivity contribution in [2.45, 2.75) is 71.9 Å². The normalized spacial score (nSPS) is 15.5. The molecule has 118 valence electrons. The Bertz CT molecular complexity index is 458. The summed E-state index contributed by atoms with van der Waals surface area (Å²) in [6.45, 7) is 12.0. The van der Waals surface area contributed by atoms with Crippen molar-refractivity contribution in [1.29, 1.82) is 0 Å². The summed E-state index contributed by atoms with van der Waals surface area (Å²) in [5, 5.41) is 3.56. The van der Waals surface area contributed by atoms with Crippen molar-refractivity contribution in [2.75, 3.05) is 13.2 Å². The second-order valence-electron chi connectivity index (χ2n) is 6.47. The maximum atomic E-state index is 5.76. The Morgan fingerprint density at radius 1 is 1.19 bits per heavy atom. The van der Waals surface area contributed by atoms with Crippen molar-refractivity contribution in [3.05, 3.63) is 22.8 Å². The minimum atomic E-state index is -0.420. The van der Waals surface area contributed by atoms with Crippen molar-refractivity contribution in [2.24, 2.45) is 0 Å². The highest BCUT2D eigenvalue weighted by molar-refractivity contribution is 5.25. The zero-order valence-corrected chi connectivity index (χ0v) is 14.1. The zero-order valence-electron chi connectivity index (χ0n) is 14.1. The first-order valence-corrected chi connectivity index (χ1v) is 8.16. The summed E-state index contributed by atoms with van der Waals surface area (Å²) < 4.78 is 5.76. The molecule has 0 unspecified atom stereocenters. The second-order valence-corrected chi connectivity index (χ2v) is 6.47. The van der Waals surface area contributed by atoms with E-state index < -0.39 is 5.60 Å². The standard InChI is InChI=1S/C17H29N3O/c1-6-21-17(4,5)16-19-12(2)15(13(3)20-16)8-7-11-18-14-9-10-14/h14,18H,6-11H2,1-5H3. The van der Waals surface area contributed by atoms with Gasteiger partial charge in [-0.1, -0.05) is 0 Å². The van der Waals surface area contributed by atoms with E-state index in [1.54, 1.807) is 0 Å². The van der Waals surface area contributed by atoms with Gasteiger partial charge in [-0.15, -0.1) is 0 Å². The highest BCUT2D eigenvalue weighted by Crippen LogP contribution is 2.24. The lowest BCUT2D eigenvalue weighted by Gasteiger charge is -2.24. The lowest BCUT2D eigenvalue weighted by atomic mass is 10.0. The monoisotopic (exact) mass is 291 g/mol. The molecule has 21 heavy (non-hydrogen) atoms. The SMILES string of the molecule is CCOC(C)(C)c1nc(C)c(CCCNC2CC2)c(C)n1. The molecule has 1 fully saturated rings. The lowest BCUT2D eigenvalue weighted by molar-refractivity contribution is -0.0210. The number of hydrogen-bond donors (Lipinski definition) is 1. The molecule has 0 aliphatic heterocycles. The van der Waals surface area contributed by atoms with Crippen molar-refractivity contribution in [1.82, 2.24) is 15.3 Å². The molecule has 0 radical (unpaired) electrons. The summed E-state index contributed by atoms with van der Waals surface area (Å²) >= 11 is 0. The van der Waals surface area contributed by atoms with E-state index in [1.165, 1.54) is 18.4 Å². The Balaban J connectivity index is 2.01. The van der Waals surface area contributed by atoms with Gasteiger partial charge in [-0.25, -0.2) is 9.97 Å². The van der Waals surface area contributed by atoms with Crippen LogP contribution in [0.2, 0.25) is 0 Å². The van der Waals surface area contributed by atoms with Crippen LogP contribution in [0.25, 0.3) is 0 Å². The molecule has 2 rings (SSSR count). The topological polar surface area (TPSA) is 47.0 Å². The number of rotatable bonds is 8. The molecule has 0 aromatic carbocycles. The van der Waals surface area contributed by atoms with Crippen molar-refractivity contribution < 1.29 is 4.74 Å². The van der Waals surface area contributed by atoms with E-state index in [4.69, 9.17) is 14.7 Å². The van der Waals surface area contributed by atoms with Crippen LogP contribution in [0.15, 0.2) is 0 Å². The van der Waals surface area contributed by atoms with Gasteiger partial charge in [0.2, 0.25) is 0 Å². The van der Waals surface area contributed by atoms with Crippen LogP contribution >= 0.6 is 0 Å². The fourth-order valence-electron chi connectivity index (χ4n) is 2.65. The fraction of sp³-hybridized carbons (Fsp3) is 0.765. The quantitative estimate of drug-likeness (QED) is 0.748. The van der Waals surface area contributed by atoms with Gasteiger partial charge in [0.1, 0.15) is 5.60 Å². The second kappa shape index (κ2) is 6.84. The predicted octanol–water partition coefficient (Wildman–Crippen LogP) is 3.05. The average Bonchev–Trinajstić information content (AvgIpc) is 3.20. The number of nitrogens with one attached hydrogen (secondary N) is 1. The van der Waals surface area contributed by atoms with E-state index in [2.05, 4.69) is 19.2 Å². The summed E-state index contributed by atoms with van der Waals surface area (Å²) in [5.74, 6) is 0.791. The van der Waals surface area contributed by atoms with Crippen molar-refractivity contribution >= 4 is 0 Å². The number of hydrogen-bond acceptors (Lipinski definition) is 4. The minimum Gasteiger partial charge on any atom is -0.368 e. The molecule has 1 aromatic heterocycles. The molecule has 0 saturated heterocycles. The Labute approximate surface area is 128 Å². The van der Waals surface area contributed by atoms with Gasteiger partial charge in [-0.3, -0.25) is 0 Å². The first kappa shape index (κ1) is 16.4. The van der Waals surface area contributed by atoms with Gasteiger partial charge in [0, 0.05) is 24.0 Å². The van der Waals surface area contributed by atoms with Gasteiger partial charge in [-0.05, 0) is 72.4 Å². The molecule has 4 nitrogen and oxygen atoms in total. The van der Waals surface area contributed by atoms with Crippen LogP contribution in [0.4, 0.5) is 0 Å². The molecular weight excluding hydrogens is 262 g/mol. The predicted molar refractivity (Wildman–Crippen MR) is 85.5 cm³/mol. The lowest BCUT2D eigenvalue weighted by Crippen LogP contribution is -2.26. The molecule has 0 spiro atoms. The smallest absolute Gasteiger partial charge is 0.160 e. The van der Waals surface area contributed by atoms with E-state index in [-0.39, 0.29) is 0 Å². The van der Waals surface area contributed by atoms with Crippen LogP contribution < -0.4 is 5.32 Å². The van der Waals surface area contributed by atoms with Crippen LogP contribution in [0, 0.1) is 13.8 Å². The van der Waals surface area contributed by atoms with Gasteiger partial charge in [0.15, 0.2) is 5.82 Å². The molecule has 1 N–H and O–H groups in total. The molecule has 0 atom stereocenters. The molecule has 1 aliphatic rings. The van der Waals surface area contributed by atoms with Crippen LogP contribution in [0.5, 0.6) is 0 Å². The van der Waals surface area contributed by atoms with Gasteiger partial charge in [0.25, 0.3) is 0 Å². The largest absolute Gasteiger partial charge is 0.368 e. The molecular formula is C17H29N3O. The third kappa shape index (κ3) is 4.48. The van der Waals surface area contributed by atoms with Gasteiger partial charge < -0.3 is 10.1 Å². The summed E-state index contributed by atoms with van der Waals surface area (Å²) in [6.07, 6.45) is 4.90. The molecule has 0 bridgehead atoms. The van der Waals surface area contributed by atoms with Crippen LogP contribution in [-0.4, -0.2) is 29.2 Å². The minimum absolute atomic E-state index is 0.420. The van der Waals surface area contributed by atoms with Gasteiger partial charge >= 0.3 is 0 Å². The number of nitrogens with zero attached hydrogens (tertiary/aromatic N) is 2. The number of aromatic nitrogens is 2. The average molecular weight is 291 g/mol. The van der Waals surface area contributed by atoms with Crippen LogP contribution in [0.3, 0.4) is 0 Å². The number of aryl methyl sites for hydroxylation is 2. The molecule has 1 heterocycles. The Morgan fingerprint density at radius 3 is 2.33 bits per heavy atom. The molecule has 4 heteroatoms. The Hall–Kier alpha value is -1.00. The molecule has 1 aliphatic carbocycles. The van der Waals surface area contributed by atoms with E-state index in [1.807, 2.05) is 20.8 Å². The first-order chi connectivity index (χ1) is 9.94. The highest BCUT2D eigenvalue weighted by Gasteiger charge is 2.25. The van der Waals surface area contributed by atoms with E-state index >= 15 is 0 Å². The van der Waals surface area contributed by atoms with Crippen LogP contribution in [-0.2, 0) is 16.8 Å². The Kier molecular flexibility index (Phi) is 5.33. The molecule has 1 saturated carbocycles. The summed E-state index contributed by atoms with van der Waals surface area (Å²) in [6, 6.07) is 0.790. The first-order valence-electron chi connectivity index (χ1n) is 8.16. The van der Waals surface area contributed by atoms with Gasteiger partial charge in [-0.2, -0.15) is 0 Å². The van der Waals surface area contributed by atoms with Crippen molar-refractivity contribution in [3.63, 3.8) is 0 Å². The van der Waals surface area contributed by atoms with E-state index in [9.17, 15) is 0 Å². The highest BCUT2D eigenvalue weighted by atomic mass is 16.5. The van der Waals surface area contributed by atoms with Crippen LogP contribution in [0.1, 0.15) is 62.8 Å². The third-order valence-electron chi connectivity index (χ3n) is 4.08. The van der Waals surface area contributed by atoms with Crippen molar-refractivity contribution in [3.8, 4) is 0 Å². The summed E-state index contributed by atoms with van der Waals surface area (Å²) in [4.78, 5) is 9.39. The summed E-state index contributed by atoms with van der Waals surface area (Å²) in [5.41, 5.74) is 3.06. The molecule has 0 amide bonds. The zero-order chi connectivity index (χ0) is 15.5. The number of ether oxygens (including phenoxy) is 1. The maximum Gasteiger partial charge on any atom is 0.160 e. The Morgan fingerprint density at radius 2 is 1.81 bits per heavy atom. The van der Waals surface area contributed by atoms with E-state index in [0.29, 0.717) is 6.61 Å². The molecule has 1 aromatic rings. The summed E-state index contributed by atoms with van der Waals surface area (Å²) in [7, 11) is 0. The van der Waals surface area contributed by atoms with E-state index in [0.717, 1.165) is 42.6 Å². The fourth-order valence-corrected chi connectivity index (χ4v) is 2.65. The van der Waals surface area contributed by atoms with Gasteiger partial charge in [0.05, 0.1) is 0 Å².